The molecule has 158 valence electrons. The van der Waals surface area contributed by atoms with E-state index in [0.717, 1.165) is 12.8 Å². The molecule has 7 nitrogen and oxygen atoms in total. The van der Waals surface area contributed by atoms with Crippen molar-refractivity contribution in [3.63, 3.8) is 0 Å². The van der Waals surface area contributed by atoms with Gasteiger partial charge in [-0.15, -0.1) is 0 Å². The Morgan fingerprint density at radius 3 is 2.68 bits per heavy atom. The van der Waals surface area contributed by atoms with Crippen LogP contribution in [0.3, 0.4) is 0 Å². The Bertz CT molecular complexity index is 1070. The van der Waals surface area contributed by atoms with Gasteiger partial charge in [0, 0.05) is 19.0 Å². The van der Waals surface area contributed by atoms with E-state index in [1.807, 2.05) is 23.1 Å². The molecular weight excluding hydrogens is 412 g/mol. The van der Waals surface area contributed by atoms with Crippen LogP contribution in [-0.4, -0.2) is 29.9 Å². The third kappa shape index (κ3) is 3.74. The minimum atomic E-state index is -0.428. The van der Waals surface area contributed by atoms with Crippen LogP contribution in [-0.2, 0) is 20.9 Å². The van der Waals surface area contributed by atoms with Gasteiger partial charge in [-0.05, 0) is 49.3 Å². The topological polar surface area (TPSA) is 95.3 Å². The van der Waals surface area contributed by atoms with Gasteiger partial charge >= 0.3 is 5.97 Å². The minimum absolute atomic E-state index is 0.0210. The first-order chi connectivity index (χ1) is 15.1. The highest BCUT2D eigenvalue weighted by atomic mass is 32.2. The number of benzene rings is 1. The molecule has 0 unspecified atom stereocenters. The molecule has 0 atom stereocenters. The Hall–Kier alpha value is -3.05. The Kier molecular flexibility index (Phi) is 5.06. The minimum Gasteiger partial charge on any atom is -0.455 e. The Balaban J connectivity index is 1.20. The maximum absolute atomic E-state index is 12.8. The smallest absolute Gasteiger partial charge is 0.340 e. The van der Waals surface area contributed by atoms with Gasteiger partial charge in [0.05, 0.1) is 21.6 Å². The summed E-state index contributed by atoms with van der Waals surface area (Å²) >= 11 is 1.55. The van der Waals surface area contributed by atoms with Crippen molar-refractivity contribution >= 4 is 29.6 Å². The standard InChI is InChI=1S/C23H22N4O3S/c24-13-16-12-18-19(14-30-22(18)29)25-20(16)27-10-6-15(7-11-27)21(28)26-31-23(8-9-23)17-4-2-1-3-5-17/h1-5,12,15H,6-11,14H2,(H,26,28). The van der Waals surface area contributed by atoms with Gasteiger partial charge in [0.15, 0.2) is 0 Å². The summed E-state index contributed by atoms with van der Waals surface area (Å²) in [6.07, 6.45) is 3.55. The maximum atomic E-state index is 12.8. The summed E-state index contributed by atoms with van der Waals surface area (Å²) in [6, 6.07) is 14.1. The number of piperidine rings is 1. The second-order valence-corrected chi connectivity index (χ2v) is 9.42. The number of rotatable bonds is 5. The van der Waals surface area contributed by atoms with E-state index < -0.39 is 5.97 Å². The van der Waals surface area contributed by atoms with Crippen LogP contribution >= 0.6 is 11.9 Å². The number of amides is 1. The number of hydrogen-bond donors (Lipinski definition) is 1. The van der Waals surface area contributed by atoms with Gasteiger partial charge in [-0.3, -0.25) is 9.52 Å². The first-order valence-corrected chi connectivity index (χ1v) is 11.3. The number of nitrogens with one attached hydrogen (secondary N) is 1. The molecule has 3 aliphatic rings. The van der Waals surface area contributed by atoms with Gasteiger partial charge in [0.1, 0.15) is 18.5 Å². The number of nitriles is 1. The fraction of sp³-hybridized carbons (Fsp3) is 0.391. The molecule has 2 fully saturated rings. The van der Waals surface area contributed by atoms with Crippen molar-refractivity contribution in [3.05, 3.63) is 58.8 Å². The summed E-state index contributed by atoms with van der Waals surface area (Å²) in [4.78, 5) is 31.1. The normalized spacial score (nSPS) is 19.3. The zero-order valence-corrected chi connectivity index (χ0v) is 17.8. The van der Waals surface area contributed by atoms with Crippen molar-refractivity contribution in [3.8, 4) is 6.07 Å². The average molecular weight is 435 g/mol. The van der Waals surface area contributed by atoms with Crippen LogP contribution in [0.4, 0.5) is 5.82 Å². The Morgan fingerprint density at radius 1 is 1.26 bits per heavy atom. The van der Waals surface area contributed by atoms with E-state index in [-0.39, 0.29) is 23.2 Å². The second-order valence-electron chi connectivity index (χ2n) is 8.23. The highest BCUT2D eigenvalue weighted by Gasteiger charge is 2.46. The zero-order valence-electron chi connectivity index (χ0n) is 17.0. The summed E-state index contributed by atoms with van der Waals surface area (Å²) < 4.78 is 8.15. The predicted molar refractivity (Wildman–Crippen MR) is 116 cm³/mol. The predicted octanol–water partition coefficient (Wildman–Crippen LogP) is 3.29. The number of esters is 1. The van der Waals surface area contributed by atoms with E-state index in [4.69, 9.17) is 4.74 Å². The third-order valence-corrected chi connectivity index (χ3v) is 7.62. The zero-order chi connectivity index (χ0) is 21.4. The molecule has 3 heterocycles. The van der Waals surface area contributed by atoms with Gasteiger partial charge in [0.2, 0.25) is 5.91 Å². The number of nitrogens with zero attached hydrogens (tertiary/aromatic N) is 3. The van der Waals surface area contributed by atoms with Crippen LogP contribution in [0.1, 0.15) is 52.9 Å². The highest BCUT2D eigenvalue weighted by Crippen LogP contribution is 2.55. The summed E-state index contributed by atoms with van der Waals surface area (Å²) in [7, 11) is 0. The van der Waals surface area contributed by atoms with Crippen molar-refractivity contribution in [2.75, 3.05) is 18.0 Å². The summed E-state index contributed by atoms with van der Waals surface area (Å²) in [5, 5.41) is 9.52. The van der Waals surface area contributed by atoms with Gasteiger partial charge < -0.3 is 9.64 Å². The fourth-order valence-electron chi connectivity index (χ4n) is 4.25. The van der Waals surface area contributed by atoms with E-state index in [9.17, 15) is 14.9 Å². The molecule has 8 heteroatoms. The van der Waals surface area contributed by atoms with Gasteiger partial charge in [-0.25, -0.2) is 9.78 Å². The molecule has 1 N–H and O–H groups in total. The van der Waals surface area contributed by atoms with Crippen LogP contribution in [0, 0.1) is 17.2 Å². The van der Waals surface area contributed by atoms with Gasteiger partial charge in [-0.2, -0.15) is 5.26 Å². The van der Waals surface area contributed by atoms with Crippen molar-refractivity contribution in [1.82, 2.24) is 9.71 Å². The molecule has 1 saturated heterocycles. The van der Waals surface area contributed by atoms with Crippen LogP contribution < -0.4 is 9.62 Å². The van der Waals surface area contributed by atoms with Crippen LogP contribution in [0.25, 0.3) is 0 Å². The Labute approximate surface area is 184 Å². The van der Waals surface area contributed by atoms with E-state index in [0.29, 0.717) is 48.6 Å². The number of ether oxygens (including phenoxy) is 1. The lowest BCUT2D eigenvalue weighted by Crippen LogP contribution is -2.40. The van der Waals surface area contributed by atoms with Crippen LogP contribution in [0.5, 0.6) is 0 Å². The maximum Gasteiger partial charge on any atom is 0.340 e. The number of carbonyl (C=O) groups is 2. The average Bonchev–Trinajstić information content (AvgIpc) is 3.54. The molecule has 1 aromatic heterocycles. The first kappa shape index (κ1) is 19.9. The first-order valence-electron chi connectivity index (χ1n) is 10.5. The molecular formula is C23H22N4O3S. The van der Waals surface area contributed by atoms with E-state index >= 15 is 0 Å². The molecule has 1 amide bonds. The van der Waals surface area contributed by atoms with E-state index in [1.165, 1.54) is 5.56 Å². The lowest BCUT2D eigenvalue weighted by atomic mass is 9.96. The van der Waals surface area contributed by atoms with E-state index in [2.05, 4.69) is 27.9 Å². The number of fused-ring (bicyclic) bond motifs is 1. The van der Waals surface area contributed by atoms with Crippen molar-refractivity contribution in [2.45, 2.75) is 37.0 Å². The molecule has 1 aliphatic carbocycles. The molecule has 0 bridgehead atoms. The molecule has 31 heavy (non-hydrogen) atoms. The van der Waals surface area contributed by atoms with Crippen molar-refractivity contribution < 1.29 is 14.3 Å². The fourth-order valence-corrected chi connectivity index (χ4v) is 5.27. The number of anilines is 1. The lowest BCUT2D eigenvalue weighted by molar-refractivity contribution is -0.123. The van der Waals surface area contributed by atoms with Crippen LogP contribution in [0.2, 0.25) is 0 Å². The molecule has 1 saturated carbocycles. The van der Waals surface area contributed by atoms with Gasteiger partial charge in [-0.1, -0.05) is 30.3 Å². The summed E-state index contributed by atoms with van der Waals surface area (Å²) in [5.41, 5.74) is 2.59. The molecule has 2 aliphatic heterocycles. The van der Waals surface area contributed by atoms with E-state index in [1.54, 1.807) is 18.0 Å². The number of hydrogen-bond acceptors (Lipinski definition) is 7. The summed E-state index contributed by atoms with van der Waals surface area (Å²) in [5.74, 6) is 0.171. The largest absolute Gasteiger partial charge is 0.455 e. The quantitative estimate of drug-likeness (QED) is 0.570. The summed E-state index contributed by atoms with van der Waals surface area (Å²) in [6.45, 7) is 1.43. The van der Waals surface area contributed by atoms with Crippen molar-refractivity contribution in [1.29, 1.82) is 5.26 Å². The van der Waals surface area contributed by atoms with Crippen molar-refractivity contribution in [2.24, 2.45) is 5.92 Å². The van der Waals surface area contributed by atoms with Crippen LogP contribution in [0.15, 0.2) is 36.4 Å². The van der Waals surface area contributed by atoms with Gasteiger partial charge in [0.25, 0.3) is 0 Å². The highest BCUT2D eigenvalue weighted by molar-refractivity contribution is 7.99. The second kappa shape index (κ2) is 7.89. The molecule has 0 spiro atoms. The third-order valence-electron chi connectivity index (χ3n) is 6.28. The molecule has 0 radical (unpaired) electrons. The number of carbonyl (C=O) groups excluding carboxylic acids is 2. The molecule has 5 rings (SSSR count). The molecule has 1 aromatic carbocycles. The monoisotopic (exact) mass is 434 g/mol. The SMILES string of the molecule is N#Cc1cc2c(nc1N1CCC(C(=O)NSC3(c4ccccc4)CC3)CC1)COC2=O. The number of pyridine rings is 1. The molecule has 2 aromatic rings. The Morgan fingerprint density at radius 2 is 2.00 bits per heavy atom. The number of cyclic esters (lactones) is 1. The number of aromatic nitrogens is 1. The lowest BCUT2D eigenvalue weighted by Gasteiger charge is -2.32.